The van der Waals surface area contributed by atoms with Crippen LogP contribution in [0.2, 0.25) is 0 Å². The Morgan fingerprint density at radius 1 is 1.69 bits per heavy atom. The topological polar surface area (TPSA) is 83.8 Å². The van der Waals surface area contributed by atoms with E-state index in [0.29, 0.717) is 23.7 Å². The molecule has 1 aromatic heterocycles. The van der Waals surface area contributed by atoms with Crippen LogP contribution in [0.15, 0.2) is 0 Å². The molecule has 0 aliphatic heterocycles. The van der Waals surface area contributed by atoms with E-state index < -0.39 is 0 Å². The first-order chi connectivity index (χ1) is 7.59. The van der Waals surface area contributed by atoms with Crippen molar-refractivity contribution >= 4 is 11.7 Å². The molecule has 0 spiro atoms. The molecule has 1 aromatic rings. The number of carbonyl (C=O) groups excluding carboxylic acids is 1. The fourth-order valence-electron chi connectivity index (χ4n) is 1.91. The van der Waals surface area contributed by atoms with Gasteiger partial charge in [-0.25, -0.2) is 0 Å². The van der Waals surface area contributed by atoms with Gasteiger partial charge in [0.05, 0.1) is 0 Å². The SMILES string of the molecule is Cc1[nH]nc(N)c1C(=O)NCC(C)C1CC1. The van der Waals surface area contributed by atoms with Gasteiger partial charge in [-0.05, 0) is 31.6 Å². The third-order valence-corrected chi connectivity index (χ3v) is 3.21. The number of carbonyl (C=O) groups is 1. The average Bonchev–Trinajstić information content (AvgIpc) is 3.02. The molecule has 0 bridgehead atoms. The van der Waals surface area contributed by atoms with Gasteiger partial charge in [-0.3, -0.25) is 9.89 Å². The first-order valence-electron chi connectivity index (χ1n) is 5.68. The van der Waals surface area contributed by atoms with E-state index in [2.05, 4.69) is 22.4 Å². The summed E-state index contributed by atoms with van der Waals surface area (Å²) in [5.74, 6) is 1.49. The zero-order chi connectivity index (χ0) is 11.7. The van der Waals surface area contributed by atoms with Gasteiger partial charge < -0.3 is 11.1 Å². The Morgan fingerprint density at radius 3 is 2.88 bits per heavy atom. The number of nitrogen functional groups attached to an aromatic ring is 1. The Bertz CT molecular complexity index is 375. The minimum Gasteiger partial charge on any atom is -0.382 e. The lowest BCUT2D eigenvalue weighted by atomic mass is 10.1. The summed E-state index contributed by atoms with van der Waals surface area (Å²) in [6, 6.07) is 0. The number of nitrogens with zero attached hydrogens (tertiary/aromatic N) is 1. The molecule has 1 saturated carbocycles. The van der Waals surface area contributed by atoms with Crippen LogP contribution in [0.25, 0.3) is 0 Å². The van der Waals surface area contributed by atoms with Crippen molar-refractivity contribution in [2.75, 3.05) is 12.3 Å². The number of aromatic amines is 1. The number of aromatic nitrogens is 2. The van der Waals surface area contributed by atoms with Crippen molar-refractivity contribution in [1.82, 2.24) is 15.5 Å². The van der Waals surface area contributed by atoms with Crippen molar-refractivity contribution in [3.05, 3.63) is 11.3 Å². The minimum absolute atomic E-state index is 0.128. The normalized spacial score (nSPS) is 17.1. The van der Waals surface area contributed by atoms with Crippen LogP contribution in [0.3, 0.4) is 0 Å². The number of anilines is 1. The highest BCUT2D eigenvalue weighted by atomic mass is 16.1. The quantitative estimate of drug-likeness (QED) is 0.712. The number of rotatable bonds is 4. The van der Waals surface area contributed by atoms with Crippen LogP contribution in [0.5, 0.6) is 0 Å². The molecular formula is C11H18N4O. The van der Waals surface area contributed by atoms with Crippen LogP contribution in [0.4, 0.5) is 5.82 Å². The van der Waals surface area contributed by atoms with Crippen molar-refractivity contribution in [2.45, 2.75) is 26.7 Å². The summed E-state index contributed by atoms with van der Waals surface area (Å²) in [4.78, 5) is 11.8. The molecule has 1 aliphatic carbocycles. The fourth-order valence-corrected chi connectivity index (χ4v) is 1.91. The highest BCUT2D eigenvalue weighted by Crippen LogP contribution is 2.36. The fraction of sp³-hybridized carbons (Fsp3) is 0.636. The second-order valence-electron chi connectivity index (χ2n) is 4.63. The molecule has 1 unspecified atom stereocenters. The van der Waals surface area contributed by atoms with Gasteiger partial charge in [-0.1, -0.05) is 6.92 Å². The molecule has 0 saturated heterocycles. The van der Waals surface area contributed by atoms with Crippen LogP contribution < -0.4 is 11.1 Å². The van der Waals surface area contributed by atoms with E-state index in [4.69, 9.17) is 5.73 Å². The summed E-state index contributed by atoms with van der Waals surface area (Å²) in [5, 5.41) is 9.42. The van der Waals surface area contributed by atoms with E-state index in [1.165, 1.54) is 12.8 Å². The number of hydrogen-bond donors (Lipinski definition) is 3. The summed E-state index contributed by atoms with van der Waals surface area (Å²) < 4.78 is 0. The number of aryl methyl sites for hydroxylation is 1. The highest BCUT2D eigenvalue weighted by molar-refractivity contribution is 5.99. The van der Waals surface area contributed by atoms with Crippen LogP contribution in [0.1, 0.15) is 35.8 Å². The molecule has 1 amide bonds. The number of nitrogens with two attached hydrogens (primary N) is 1. The maximum atomic E-state index is 11.8. The Hall–Kier alpha value is -1.52. The van der Waals surface area contributed by atoms with E-state index in [0.717, 1.165) is 5.92 Å². The number of amides is 1. The molecule has 5 heteroatoms. The van der Waals surface area contributed by atoms with Crippen molar-refractivity contribution in [3.8, 4) is 0 Å². The molecule has 4 N–H and O–H groups in total. The van der Waals surface area contributed by atoms with Gasteiger partial charge in [0.2, 0.25) is 0 Å². The molecule has 2 rings (SSSR count). The van der Waals surface area contributed by atoms with E-state index in [-0.39, 0.29) is 11.7 Å². The Balaban J connectivity index is 1.92. The third-order valence-electron chi connectivity index (χ3n) is 3.21. The smallest absolute Gasteiger partial charge is 0.256 e. The molecule has 1 aliphatic rings. The van der Waals surface area contributed by atoms with Gasteiger partial charge >= 0.3 is 0 Å². The molecule has 0 aromatic carbocycles. The Labute approximate surface area is 94.8 Å². The van der Waals surface area contributed by atoms with Gasteiger partial charge in [-0.2, -0.15) is 5.10 Å². The standard InChI is InChI=1S/C11H18N4O/c1-6(8-3-4-8)5-13-11(16)9-7(2)14-15-10(9)12/h6,8H,3-5H2,1-2H3,(H,13,16)(H3,12,14,15). The van der Waals surface area contributed by atoms with Crippen LogP contribution in [-0.4, -0.2) is 22.6 Å². The zero-order valence-corrected chi connectivity index (χ0v) is 9.71. The molecule has 0 radical (unpaired) electrons. The Kier molecular flexibility index (Phi) is 2.85. The van der Waals surface area contributed by atoms with Gasteiger partial charge in [0.15, 0.2) is 5.82 Å². The van der Waals surface area contributed by atoms with Gasteiger partial charge in [0.25, 0.3) is 5.91 Å². The van der Waals surface area contributed by atoms with E-state index in [1.807, 2.05) is 0 Å². The largest absolute Gasteiger partial charge is 0.382 e. The zero-order valence-electron chi connectivity index (χ0n) is 9.71. The minimum atomic E-state index is -0.128. The predicted octanol–water partition coefficient (Wildman–Crippen LogP) is 1.08. The summed E-state index contributed by atoms with van der Waals surface area (Å²) in [5.41, 5.74) is 6.81. The summed E-state index contributed by atoms with van der Waals surface area (Å²) in [7, 11) is 0. The van der Waals surface area contributed by atoms with Crippen LogP contribution in [0, 0.1) is 18.8 Å². The molecule has 1 fully saturated rings. The molecule has 88 valence electrons. The first kappa shape index (κ1) is 11.0. The lowest BCUT2D eigenvalue weighted by Gasteiger charge is -2.11. The first-order valence-corrected chi connectivity index (χ1v) is 5.68. The van der Waals surface area contributed by atoms with E-state index in [9.17, 15) is 4.79 Å². The molecule has 5 nitrogen and oxygen atoms in total. The number of nitrogens with one attached hydrogen (secondary N) is 2. The third kappa shape index (κ3) is 2.18. The van der Waals surface area contributed by atoms with Gasteiger partial charge in [0, 0.05) is 12.2 Å². The van der Waals surface area contributed by atoms with E-state index in [1.54, 1.807) is 6.92 Å². The number of H-pyrrole nitrogens is 1. The maximum absolute atomic E-state index is 11.8. The predicted molar refractivity (Wildman–Crippen MR) is 62.0 cm³/mol. The summed E-state index contributed by atoms with van der Waals surface area (Å²) >= 11 is 0. The second-order valence-corrected chi connectivity index (χ2v) is 4.63. The second kappa shape index (κ2) is 4.15. The highest BCUT2D eigenvalue weighted by Gasteiger charge is 2.28. The number of hydrogen-bond acceptors (Lipinski definition) is 3. The van der Waals surface area contributed by atoms with E-state index >= 15 is 0 Å². The van der Waals surface area contributed by atoms with Crippen molar-refractivity contribution < 1.29 is 4.79 Å². The average molecular weight is 222 g/mol. The maximum Gasteiger partial charge on any atom is 0.256 e. The van der Waals surface area contributed by atoms with Crippen molar-refractivity contribution in [2.24, 2.45) is 11.8 Å². The lowest BCUT2D eigenvalue weighted by Crippen LogP contribution is -2.29. The molecular weight excluding hydrogens is 204 g/mol. The summed E-state index contributed by atoms with van der Waals surface area (Å²) in [6.07, 6.45) is 2.59. The summed E-state index contributed by atoms with van der Waals surface area (Å²) in [6.45, 7) is 4.68. The van der Waals surface area contributed by atoms with Crippen LogP contribution in [-0.2, 0) is 0 Å². The lowest BCUT2D eigenvalue weighted by molar-refractivity contribution is 0.0947. The Morgan fingerprint density at radius 2 is 2.38 bits per heavy atom. The molecule has 1 heterocycles. The monoisotopic (exact) mass is 222 g/mol. The molecule has 1 atom stereocenters. The van der Waals surface area contributed by atoms with Crippen molar-refractivity contribution in [3.63, 3.8) is 0 Å². The van der Waals surface area contributed by atoms with Crippen molar-refractivity contribution in [1.29, 1.82) is 0 Å². The van der Waals surface area contributed by atoms with Gasteiger partial charge in [-0.15, -0.1) is 0 Å². The van der Waals surface area contributed by atoms with Crippen LogP contribution >= 0.6 is 0 Å². The van der Waals surface area contributed by atoms with Gasteiger partial charge in [0.1, 0.15) is 5.56 Å². The molecule has 16 heavy (non-hydrogen) atoms.